The first-order valence-corrected chi connectivity index (χ1v) is 8.70. The fourth-order valence-corrected chi connectivity index (χ4v) is 3.91. The van der Waals surface area contributed by atoms with E-state index < -0.39 is 0 Å². The number of thioether (sulfide) groups is 1. The third-order valence-corrected chi connectivity index (χ3v) is 5.26. The highest BCUT2D eigenvalue weighted by Gasteiger charge is 2.40. The summed E-state index contributed by atoms with van der Waals surface area (Å²) in [5.41, 5.74) is 3.97. The molecule has 1 aliphatic rings. The molecule has 0 radical (unpaired) electrons. The third kappa shape index (κ3) is 3.32. The first-order valence-electron chi connectivity index (χ1n) is 7.66. The van der Waals surface area contributed by atoms with E-state index in [1.165, 1.54) is 10.5 Å². The molecule has 0 saturated carbocycles. The lowest BCUT2D eigenvalue weighted by molar-refractivity contribution is -0.121. The monoisotopic (exact) mass is 325 g/mol. The molecule has 4 heteroatoms. The Morgan fingerprint density at radius 3 is 2.52 bits per heavy atom. The number of rotatable bonds is 4. The molecule has 1 fully saturated rings. The smallest absolute Gasteiger partial charge is 0.247 e. The van der Waals surface area contributed by atoms with E-state index in [1.54, 1.807) is 11.8 Å². The second kappa shape index (κ2) is 6.59. The van der Waals surface area contributed by atoms with Gasteiger partial charge in [0.25, 0.3) is 0 Å². The fourth-order valence-electron chi connectivity index (χ4n) is 2.81. The van der Waals surface area contributed by atoms with E-state index in [1.807, 2.05) is 62.4 Å². The van der Waals surface area contributed by atoms with Gasteiger partial charge in [-0.1, -0.05) is 48.0 Å². The molecule has 1 heterocycles. The highest BCUT2D eigenvalue weighted by atomic mass is 32.2. The number of imide groups is 1. The van der Waals surface area contributed by atoms with E-state index in [-0.39, 0.29) is 23.5 Å². The Morgan fingerprint density at radius 2 is 1.83 bits per heavy atom. The van der Waals surface area contributed by atoms with Crippen molar-refractivity contribution in [3.05, 3.63) is 65.2 Å². The molecule has 0 aliphatic carbocycles. The summed E-state index contributed by atoms with van der Waals surface area (Å²) in [4.78, 5) is 26.4. The van der Waals surface area contributed by atoms with Gasteiger partial charge in [0.2, 0.25) is 11.8 Å². The van der Waals surface area contributed by atoms with Crippen molar-refractivity contribution in [3.8, 4) is 0 Å². The van der Waals surface area contributed by atoms with Crippen molar-refractivity contribution in [1.29, 1.82) is 0 Å². The molecule has 0 bridgehead atoms. The maximum absolute atomic E-state index is 12.7. The number of amides is 2. The topological polar surface area (TPSA) is 37.4 Å². The molecule has 2 amide bonds. The molecule has 2 aromatic carbocycles. The molecule has 1 atom stereocenters. The summed E-state index contributed by atoms with van der Waals surface area (Å²) < 4.78 is 0. The molecule has 1 aliphatic heterocycles. The molecule has 3 rings (SSSR count). The van der Waals surface area contributed by atoms with Crippen molar-refractivity contribution < 1.29 is 9.59 Å². The molecule has 0 spiro atoms. The zero-order valence-corrected chi connectivity index (χ0v) is 14.1. The van der Waals surface area contributed by atoms with E-state index in [9.17, 15) is 9.59 Å². The maximum Gasteiger partial charge on any atom is 0.247 e. The van der Waals surface area contributed by atoms with E-state index in [4.69, 9.17) is 0 Å². The Bertz CT molecular complexity index is 742. The van der Waals surface area contributed by atoms with Gasteiger partial charge in [0, 0.05) is 12.2 Å². The van der Waals surface area contributed by atoms with Crippen LogP contribution >= 0.6 is 11.8 Å². The number of hydrogen-bond acceptors (Lipinski definition) is 3. The molecular formula is C19H19NO2S. The standard InChI is InChI=1S/C19H19NO2S/c1-13-8-9-16(14(2)10-13)20-18(21)11-17(19(20)22)23-12-15-6-4-3-5-7-15/h3-10,17H,11-12H2,1-2H3/t17-/m1/s1. The second-order valence-electron chi connectivity index (χ2n) is 5.85. The van der Waals surface area contributed by atoms with E-state index >= 15 is 0 Å². The minimum atomic E-state index is -0.289. The number of benzene rings is 2. The lowest BCUT2D eigenvalue weighted by Gasteiger charge is -2.17. The van der Waals surface area contributed by atoms with Crippen molar-refractivity contribution >= 4 is 29.3 Å². The lowest BCUT2D eigenvalue weighted by Crippen LogP contribution is -2.31. The quantitative estimate of drug-likeness (QED) is 0.801. The Hall–Kier alpha value is -2.07. The summed E-state index contributed by atoms with van der Waals surface area (Å²) in [7, 11) is 0. The van der Waals surface area contributed by atoms with Crippen LogP contribution in [0, 0.1) is 13.8 Å². The van der Waals surface area contributed by atoms with Crippen LogP contribution in [0.3, 0.4) is 0 Å². The van der Waals surface area contributed by atoms with Crippen molar-refractivity contribution in [2.24, 2.45) is 0 Å². The molecule has 3 nitrogen and oxygen atoms in total. The third-order valence-electron chi connectivity index (χ3n) is 3.99. The van der Waals surface area contributed by atoms with Crippen LogP contribution < -0.4 is 4.90 Å². The van der Waals surface area contributed by atoms with Crippen molar-refractivity contribution in [1.82, 2.24) is 0 Å². The predicted molar refractivity (Wildman–Crippen MR) is 94.6 cm³/mol. The van der Waals surface area contributed by atoms with Crippen molar-refractivity contribution in [2.75, 3.05) is 4.90 Å². The molecule has 1 saturated heterocycles. The first kappa shape index (κ1) is 15.8. The summed E-state index contributed by atoms with van der Waals surface area (Å²) in [5.74, 6) is 0.543. The van der Waals surface area contributed by atoms with Crippen LogP contribution in [-0.2, 0) is 15.3 Å². The number of carbonyl (C=O) groups is 2. The number of aryl methyl sites for hydroxylation is 2. The predicted octanol–water partition coefficient (Wildman–Crippen LogP) is 3.87. The van der Waals surface area contributed by atoms with Gasteiger partial charge in [-0.2, -0.15) is 0 Å². The Labute approximate surface area is 140 Å². The minimum Gasteiger partial charge on any atom is -0.274 e. The average molecular weight is 325 g/mol. The van der Waals surface area contributed by atoms with E-state index in [2.05, 4.69) is 0 Å². The van der Waals surface area contributed by atoms with Gasteiger partial charge in [0.05, 0.1) is 10.9 Å². The number of nitrogens with zero attached hydrogens (tertiary/aromatic N) is 1. The lowest BCUT2D eigenvalue weighted by atomic mass is 10.1. The Balaban J connectivity index is 1.75. The van der Waals surface area contributed by atoms with Gasteiger partial charge in [0.15, 0.2) is 0 Å². The summed E-state index contributed by atoms with van der Waals surface area (Å²) in [6, 6.07) is 15.8. The summed E-state index contributed by atoms with van der Waals surface area (Å²) in [6.45, 7) is 3.94. The SMILES string of the molecule is Cc1ccc(N2C(=O)C[C@@H](SCc3ccccc3)C2=O)c(C)c1. The zero-order chi connectivity index (χ0) is 16.4. The molecule has 0 unspecified atom stereocenters. The van der Waals surface area contributed by atoms with Gasteiger partial charge < -0.3 is 0 Å². The van der Waals surface area contributed by atoms with Crippen molar-refractivity contribution in [2.45, 2.75) is 31.3 Å². The highest BCUT2D eigenvalue weighted by Crippen LogP contribution is 2.33. The van der Waals surface area contributed by atoms with Gasteiger partial charge in [0.1, 0.15) is 0 Å². The largest absolute Gasteiger partial charge is 0.274 e. The summed E-state index contributed by atoms with van der Waals surface area (Å²) in [5, 5.41) is -0.289. The summed E-state index contributed by atoms with van der Waals surface area (Å²) >= 11 is 1.54. The molecular weight excluding hydrogens is 306 g/mol. The average Bonchev–Trinajstić information content (AvgIpc) is 2.81. The number of carbonyl (C=O) groups excluding carboxylic acids is 2. The van der Waals surface area contributed by atoms with Crippen LogP contribution in [0.2, 0.25) is 0 Å². The Kier molecular flexibility index (Phi) is 4.53. The first-order chi connectivity index (χ1) is 11.1. The second-order valence-corrected chi connectivity index (χ2v) is 7.04. The fraction of sp³-hybridized carbons (Fsp3) is 0.263. The van der Waals surface area contributed by atoms with Crippen LogP contribution in [0.25, 0.3) is 0 Å². The van der Waals surface area contributed by atoms with Gasteiger partial charge in [-0.15, -0.1) is 11.8 Å². The van der Waals surface area contributed by atoms with Gasteiger partial charge >= 0.3 is 0 Å². The molecule has 0 aromatic heterocycles. The van der Waals surface area contributed by atoms with Crippen LogP contribution in [0.4, 0.5) is 5.69 Å². The van der Waals surface area contributed by atoms with Crippen LogP contribution in [0.5, 0.6) is 0 Å². The normalized spacial score (nSPS) is 17.8. The molecule has 118 valence electrons. The molecule has 0 N–H and O–H groups in total. The van der Waals surface area contributed by atoms with E-state index in [0.29, 0.717) is 5.69 Å². The zero-order valence-electron chi connectivity index (χ0n) is 13.3. The van der Waals surface area contributed by atoms with E-state index in [0.717, 1.165) is 16.9 Å². The van der Waals surface area contributed by atoms with Crippen LogP contribution in [0.1, 0.15) is 23.1 Å². The van der Waals surface area contributed by atoms with Gasteiger partial charge in [-0.05, 0) is 31.0 Å². The van der Waals surface area contributed by atoms with Gasteiger partial charge in [-0.3, -0.25) is 9.59 Å². The Morgan fingerprint density at radius 1 is 1.09 bits per heavy atom. The minimum absolute atomic E-state index is 0.0946. The van der Waals surface area contributed by atoms with Crippen LogP contribution in [-0.4, -0.2) is 17.1 Å². The molecule has 23 heavy (non-hydrogen) atoms. The van der Waals surface area contributed by atoms with Crippen LogP contribution in [0.15, 0.2) is 48.5 Å². The van der Waals surface area contributed by atoms with Gasteiger partial charge in [-0.25, -0.2) is 4.90 Å². The molecule has 2 aromatic rings. The summed E-state index contributed by atoms with van der Waals surface area (Å²) in [6.07, 6.45) is 0.281. The van der Waals surface area contributed by atoms with Crippen molar-refractivity contribution in [3.63, 3.8) is 0 Å². The number of hydrogen-bond donors (Lipinski definition) is 0. The maximum atomic E-state index is 12.7. The number of anilines is 1. The highest BCUT2D eigenvalue weighted by molar-refractivity contribution is 7.99.